The van der Waals surface area contributed by atoms with Crippen LogP contribution in [-0.4, -0.2) is 60.1 Å². The van der Waals surface area contributed by atoms with Crippen molar-refractivity contribution < 1.29 is 23.9 Å². The molecule has 3 aliphatic heterocycles. The van der Waals surface area contributed by atoms with Crippen molar-refractivity contribution in [1.82, 2.24) is 15.2 Å². The maximum Gasteiger partial charge on any atom is 0.332 e. The van der Waals surface area contributed by atoms with Gasteiger partial charge in [0.15, 0.2) is 0 Å². The van der Waals surface area contributed by atoms with Crippen molar-refractivity contribution in [2.75, 3.05) is 25.2 Å². The van der Waals surface area contributed by atoms with Gasteiger partial charge in [0.2, 0.25) is 0 Å². The summed E-state index contributed by atoms with van der Waals surface area (Å²) in [5, 5.41) is 3.96. The van der Waals surface area contributed by atoms with E-state index in [1.54, 1.807) is 36.3 Å². The Morgan fingerprint density at radius 3 is 2.56 bits per heavy atom. The van der Waals surface area contributed by atoms with Gasteiger partial charge in [-0.2, -0.15) is 0 Å². The van der Waals surface area contributed by atoms with Gasteiger partial charge >= 0.3 is 6.03 Å². The molecule has 7 rings (SSSR count). The predicted molar refractivity (Wildman–Crippen MR) is 153 cm³/mol. The fourth-order valence-corrected chi connectivity index (χ4v) is 6.32. The van der Waals surface area contributed by atoms with Crippen molar-refractivity contribution in [2.45, 2.75) is 37.5 Å². The quantitative estimate of drug-likeness (QED) is 0.343. The summed E-state index contributed by atoms with van der Waals surface area (Å²) >= 11 is 0. The topological polar surface area (TPSA) is 104 Å². The van der Waals surface area contributed by atoms with E-state index in [-0.39, 0.29) is 23.9 Å². The molecule has 3 unspecified atom stereocenters. The van der Waals surface area contributed by atoms with Crippen LogP contribution in [0, 0.1) is 0 Å². The summed E-state index contributed by atoms with van der Waals surface area (Å²) in [5.74, 6) is 0.219. The van der Waals surface area contributed by atoms with Gasteiger partial charge in [-0.25, -0.2) is 9.69 Å². The molecule has 2 N–H and O–H groups in total. The highest BCUT2D eigenvalue weighted by Gasteiger charge is 2.53. The zero-order chi connectivity index (χ0) is 28.1. The first-order valence-electron chi connectivity index (χ1n) is 13.9. The first kappa shape index (κ1) is 25.3. The molecule has 0 radical (unpaired) electrons. The van der Waals surface area contributed by atoms with Crippen LogP contribution < -0.4 is 15.0 Å². The van der Waals surface area contributed by atoms with Crippen LogP contribution in [0.25, 0.3) is 10.9 Å². The Balaban J connectivity index is 1.21. The number of ether oxygens (including phenoxy) is 2. The van der Waals surface area contributed by atoms with Crippen LogP contribution in [0.4, 0.5) is 10.5 Å². The number of para-hydroxylation sites is 1. The van der Waals surface area contributed by atoms with Gasteiger partial charge in [-0.1, -0.05) is 30.3 Å². The minimum atomic E-state index is -0.657. The average molecular weight is 551 g/mol. The number of nitrogens with one attached hydrogen (secondary N) is 2. The van der Waals surface area contributed by atoms with Gasteiger partial charge in [-0.15, -0.1) is 0 Å². The third kappa shape index (κ3) is 4.24. The number of methoxy groups -OCH3 is 1. The van der Waals surface area contributed by atoms with Gasteiger partial charge < -0.3 is 19.8 Å². The summed E-state index contributed by atoms with van der Waals surface area (Å²) in [6, 6.07) is 20.7. The Morgan fingerprint density at radius 1 is 1.05 bits per heavy atom. The molecule has 4 aromatic rings. The van der Waals surface area contributed by atoms with Crippen LogP contribution >= 0.6 is 0 Å². The molecule has 9 nitrogen and oxygen atoms in total. The molecule has 2 saturated heterocycles. The van der Waals surface area contributed by atoms with Gasteiger partial charge in [0.25, 0.3) is 11.8 Å². The number of fused-ring (bicyclic) bond motifs is 4. The first-order valence-corrected chi connectivity index (χ1v) is 13.9. The second-order valence-corrected chi connectivity index (χ2v) is 10.7. The molecule has 9 heteroatoms. The summed E-state index contributed by atoms with van der Waals surface area (Å²) in [5.41, 5.74) is 4.71. The SMILES string of the molecule is COc1ccc(C2c3[nH]c4ccccc4c3CC3C(=O)N(c4ccc(C(=O)NCC5CCCO5)cc4)C(=O)N32)cc1. The lowest BCUT2D eigenvalue weighted by molar-refractivity contribution is -0.120. The van der Waals surface area contributed by atoms with Gasteiger partial charge in [-0.3, -0.25) is 14.5 Å². The van der Waals surface area contributed by atoms with Crippen LogP contribution in [0.2, 0.25) is 0 Å². The number of aromatic nitrogens is 1. The maximum atomic E-state index is 14.0. The minimum absolute atomic E-state index is 0.0470. The van der Waals surface area contributed by atoms with Crippen LogP contribution in [-0.2, 0) is 16.0 Å². The molecule has 208 valence electrons. The average Bonchev–Trinajstić information content (AvgIpc) is 3.72. The van der Waals surface area contributed by atoms with E-state index in [2.05, 4.69) is 10.3 Å². The third-order valence-electron chi connectivity index (χ3n) is 8.38. The largest absolute Gasteiger partial charge is 0.497 e. The molecule has 0 saturated carbocycles. The molecule has 0 bridgehead atoms. The highest BCUT2D eigenvalue weighted by Crippen LogP contribution is 2.45. The van der Waals surface area contributed by atoms with Crippen molar-refractivity contribution in [3.8, 4) is 5.75 Å². The Hall–Kier alpha value is -4.63. The Kier molecular flexibility index (Phi) is 6.23. The highest BCUT2D eigenvalue weighted by atomic mass is 16.5. The minimum Gasteiger partial charge on any atom is -0.497 e. The normalized spacial score (nSPS) is 21.7. The molecule has 0 aliphatic carbocycles. The van der Waals surface area contributed by atoms with E-state index in [0.717, 1.165) is 47.2 Å². The number of anilines is 1. The predicted octanol–water partition coefficient (Wildman–Crippen LogP) is 4.57. The molecular weight excluding hydrogens is 520 g/mol. The second-order valence-electron chi connectivity index (χ2n) is 10.7. The molecular formula is C32H30N4O5. The van der Waals surface area contributed by atoms with E-state index >= 15 is 0 Å². The van der Waals surface area contributed by atoms with E-state index in [0.29, 0.717) is 30.0 Å². The van der Waals surface area contributed by atoms with Gasteiger partial charge in [0.05, 0.1) is 18.9 Å². The summed E-state index contributed by atoms with van der Waals surface area (Å²) in [6.45, 7) is 1.19. The molecule has 3 atom stereocenters. The molecule has 4 heterocycles. The van der Waals surface area contributed by atoms with E-state index in [9.17, 15) is 14.4 Å². The van der Waals surface area contributed by atoms with Crippen LogP contribution in [0.5, 0.6) is 5.75 Å². The van der Waals surface area contributed by atoms with Crippen LogP contribution in [0.15, 0.2) is 72.8 Å². The number of benzene rings is 3. The molecule has 41 heavy (non-hydrogen) atoms. The number of nitrogens with zero attached hydrogens (tertiary/aromatic N) is 2. The number of aromatic amines is 1. The molecule has 2 fully saturated rings. The smallest absolute Gasteiger partial charge is 0.332 e. The summed E-state index contributed by atoms with van der Waals surface area (Å²) < 4.78 is 10.9. The fourth-order valence-electron chi connectivity index (χ4n) is 6.32. The summed E-state index contributed by atoms with van der Waals surface area (Å²) in [4.78, 5) is 47.1. The number of carbonyl (C=O) groups is 3. The Morgan fingerprint density at radius 2 is 1.83 bits per heavy atom. The first-order chi connectivity index (χ1) is 20.0. The van der Waals surface area contributed by atoms with Gasteiger partial charge in [-0.05, 0) is 66.4 Å². The van der Waals surface area contributed by atoms with E-state index in [1.807, 2.05) is 48.5 Å². The van der Waals surface area contributed by atoms with Crippen molar-refractivity contribution in [3.63, 3.8) is 0 Å². The van der Waals surface area contributed by atoms with E-state index < -0.39 is 12.1 Å². The zero-order valence-corrected chi connectivity index (χ0v) is 22.6. The van der Waals surface area contributed by atoms with Gasteiger partial charge in [0.1, 0.15) is 17.8 Å². The van der Waals surface area contributed by atoms with E-state index in [4.69, 9.17) is 9.47 Å². The third-order valence-corrected chi connectivity index (χ3v) is 8.38. The van der Waals surface area contributed by atoms with Crippen molar-refractivity contribution in [2.24, 2.45) is 0 Å². The number of urea groups is 1. The number of imide groups is 1. The van der Waals surface area contributed by atoms with E-state index in [1.165, 1.54) is 4.90 Å². The number of carbonyl (C=O) groups excluding carboxylic acids is 3. The summed E-state index contributed by atoms with van der Waals surface area (Å²) in [6.07, 6.45) is 2.40. The van der Waals surface area contributed by atoms with Crippen molar-refractivity contribution in [1.29, 1.82) is 0 Å². The second kappa shape index (κ2) is 10.1. The number of H-pyrrole nitrogens is 1. The number of hydrogen-bond donors (Lipinski definition) is 2. The Bertz CT molecular complexity index is 1640. The monoisotopic (exact) mass is 550 g/mol. The van der Waals surface area contributed by atoms with Gasteiger partial charge in [0, 0.05) is 41.7 Å². The molecule has 4 amide bonds. The standard InChI is InChI=1S/C32H30N4O5/c1-40-22-14-10-19(11-15-22)29-28-25(24-6-2-3-7-26(24)34-28)17-27-31(38)35(32(39)36(27)29)21-12-8-20(9-13-21)30(37)33-18-23-5-4-16-41-23/h2-3,6-15,23,27,29,34H,4-5,16-18H2,1H3,(H,33,37). The Labute approximate surface area is 237 Å². The fraction of sp³-hybridized carbons (Fsp3) is 0.281. The van der Waals surface area contributed by atoms with Crippen LogP contribution in [0.1, 0.15) is 46.1 Å². The molecule has 0 spiro atoms. The lowest BCUT2D eigenvalue weighted by atomic mass is 9.89. The van der Waals surface area contributed by atoms with Crippen molar-refractivity contribution in [3.05, 3.63) is 95.2 Å². The zero-order valence-electron chi connectivity index (χ0n) is 22.6. The van der Waals surface area contributed by atoms with Crippen LogP contribution in [0.3, 0.4) is 0 Å². The highest BCUT2D eigenvalue weighted by molar-refractivity contribution is 6.22. The number of amides is 4. The maximum absolute atomic E-state index is 14.0. The lowest BCUT2D eigenvalue weighted by Crippen LogP contribution is -2.44. The lowest BCUT2D eigenvalue weighted by Gasteiger charge is -2.36. The van der Waals surface area contributed by atoms with Crippen molar-refractivity contribution >= 4 is 34.4 Å². The molecule has 1 aromatic heterocycles. The number of hydrogen-bond acceptors (Lipinski definition) is 5. The number of rotatable bonds is 6. The summed E-state index contributed by atoms with van der Waals surface area (Å²) in [7, 11) is 1.61. The molecule has 3 aliphatic rings. The molecule has 3 aromatic carbocycles.